The second-order valence-corrected chi connectivity index (χ2v) is 41.7. The largest absolute Gasteiger partial charge is 1.00 e. The molecule has 5 unspecified atom stereocenters. The number of aliphatic hydroxyl groups is 1. The third-order valence-electron chi connectivity index (χ3n) is 6.08. The zero-order chi connectivity index (χ0) is 61.6. The van der Waals surface area contributed by atoms with Crippen LogP contribution in [-0.4, -0.2) is 272 Å². The molecule has 0 spiro atoms. The molecule has 0 saturated heterocycles. The maximum atomic E-state index is 11.3. The van der Waals surface area contributed by atoms with Crippen LogP contribution in [0.5, 0.6) is 0 Å². The summed E-state index contributed by atoms with van der Waals surface area (Å²) in [5, 5.41) is 7.57. The van der Waals surface area contributed by atoms with Crippen molar-refractivity contribution in [2.24, 2.45) is 0 Å². The van der Waals surface area contributed by atoms with Crippen LogP contribution in [0.3, 0.4) is 0 Å². The molecule has 0 aliphatic carbocycles. The maximum absolute atomic E-state index is 11.3. The average Bonchev–Trinajstić information content (AvgIpc) is 3.20. The molecule has 1 N–H and O–H groups in total. The average molecular weight is 1460 g/mol. The van der Waals surface area contributed by atoms with Gasteiger partial charge in [0.25, 0.3) is 40.5 Å². The Morgan fingerprint density at radius 2 is 0.562 bits per heavy atom. The topological polar surface area (TPSA) is 463 Å². The van der Waals surface area contributed by atoms with Crippen LogP contribution in [0.25, 0.3) is 0 Å². The molecule has 0 aromatic rings. The molecule has 5 atom stereocenters. The summed E-state index contributed by atoms with van der Waals surface area (Å²) in [6.45, 7) is -2.26. The molecule has 0 aromatic heterocycles. The molecule has 484 valence electrons. The van der Waals surface area contributed by atoms with Crippen LogP contribution in [0.2, 0.25) is 0 Å². The van der Waals surface area contributed by atoms with E-state index in [-0.39, 0.29) is 120 Å². The minimum absolute atomic E-state index is 0. The van der Waals surface area contributed by atoms with Crippen LogP contribution in [-0.2, 0) is 160 Å². The van der Waals surface area contributed by atoms with Crippen molar-refractivity contribution in [1.82, 2.24) is 0 Å². The summed E-state index contributed by atoms with van der Waals surface area (Å²) < 4.78 is 267. The molecule has 0 aliphatic rings. The van der Waals surface area contributed by atoms with Gasteiger partial charge in [-0.2, -0.15) is 33.7 Å². The Morgan fingerprint density at radius 1 is 0.375 bits per heavy atom. The number of ether oxygens (including phenoxy) is 10. The zero-order valence-electron chi connectivity index (χ0n) is 44.6. The molecule has 0 heterocycles. The van der Waals surface area contributed by atoms with Crippen molar-refractivity contribution in [2.45, 2.75) is 38.8 Å². The van der Waals surface area contributed by atoms with Crippen LogP contribution in [0.1, 0.15) is 14.4 Å². The van der Waals surface area contributed by atoms with Gasteiger partial charge >= 0.3 is 29.6 Å². The molecule has 0 fully saturated rings. The van der Waals surface area contributed by atoms with Gasteiger partial charge in [-0.15, -0.1) is 0 Å². The fourth-order valence-corrected chi connectivity index (χ4v) is 8.60. The molecular weight excluding hydrogens is 1380 g/mol. The molecule has 0 radical (unpaired) electrons. The van der Waals surface area contributed by atoms with E-state index in [4.69, 9.17) is 52.5 Å². The minimum Gasteiger partial charge on any atom is -0.770 e. The monoisotopic (exact) mass is 1460 g/mol. The maximum Gasteiger partial charge on any atom is 1.00 e. The summed E-state index contributed by atoms with van der Waals surface area (Å²) in [4.78, 5) is 0. The Kier molecular flexibility index (Phi) is 56.5. The minimum atomic E-state index is -3.81. The molecule has 0 saturated carbocycles. The van der Waals surface area contributed by atoms with E-state index in [2.05, 4.69) is 27.9 Å². The van der Waals surface area contributed by atoms with E-state index in [9.17, 15) is 76.1 Å². The SMILES string of the molecule is C.CCO.CS(=O)(=O)OCOCC(COCC(COCOS(C)(=O)=O)OCOS(C)(=O)=O)OCOS(C)(=O)=O.CS(=O)(=O)SCOCC(COCC(COCSS(C)(=O)=O)OCSS(C)(=O)=O)OCSS(C)(=O)=O.CS(=O)([O-])=S.[Na+]. The van der Waals surface area contributed by atoms with Gasteiger partial charge in [-0.3, -0.25) is 4.21 Å². The second-order valence-electron chi connectivity index (χ2n) is 14.3. The van der Waals surface area contributed by atoms with Crippen LogP contribution in [0.15, 0.2) is 0 Å². The molecule has 0 aliphatic heterocycles. The predicted molar refractivity (Wildman–Crippen MR) is 299 cm³/mol. The van der Waals surface area contributed by atoms with Crippen LogP contribution < -0.4 is 29.6 Å². The van der Waals surface area contributed by atoms with Gasteiger partial charge < -0.3 is 57.0 Å². The Bertz CT molecular complexity index is 2290. The van der Waals surface area contributed by atoms with Gasteiger partial charge in [-0.25, -0.2) is 50.4 Å². The third kappa shape index (κ3) is 90.9. The molecule has 33 nitrogen and oxygen atoms in total. The number of rotatable bonds is 44. The summed E-state index contributed by atoms with van der Waals surface area (Å²) in [5.74, 6) is -0.769. The summed E-state index contributed by atoms with van der Waals surface area (Å²) >= 11 is 3.80. The van der Waals surface area contributed by atoms with E-state index in [1.54, 1.807) is 6.92 Å². The second kappa shape index (κ2) is 48.6. The molecule has 80 heavy (non-hydrogen) atoms. The van der Waals surface area contributed by atoms with E-state index in [0.717, 1.165) is 56.3 Å². The van der Waals surface area contributed by atoms with Gasteiger partial charge in [0.2, 0.25) is 35.5 Å². The van der Waals surface area contributed by atoms with E-state index >= 15 is 0 Å². The number of aliphatic hydroxyl groups excluding tert-OH is 1. The van der Waals surface area contributed by atoms with Crippen molar-refractivity contribution in [1.29, 1.82) is 0 Å². The van der Waals surface area contributed by atoms with Crippen molar-refractivity contribution in [3.8, 4) is 0 Å². The van der Waals surface area contributed by atoms with E-state index in [1.165, 1.54) is 0 Å². The van der Waals surface area contributed by atoms with Gasteiger partial charge in [0.05, 0.1) is 77.9 Å². The van der Waals surface area contributed by atoms with Crippen LogP contribution >= 0.6 is 43.2 Å². The van der Waals surface area contributed by atoms with Crippen molar-refractivity contribution in [3.05, 3.63) is 0 Å². The Balaban J connectivity index is -0.000000294. The van der Waals surface area contributed by atoms with E-state index in [0.29, 0.717) is 43.2 Å². The predicted octanol–water partition coefficient (Wildman–Crippen LogP) is -4.92. The van der Waals surface area contributed by atoms with Gasteiger partial charge in [-0.05, 0) is 70.1 Å². The normalized spacial score (nSPS) is 14.8. The van der Waals surface area contributed by atoms with Crippen molar-refractivity contribution in [3.63, 3.8) is 0 Å². The number of hydrogen-bond donors (Lipinski definition) is 1. The molecule has 48 heteroatoms. The van der Waals surface area contributed by atoms with Crippen molar-refractivity contribution >= 4 is 139 Å². The first kappa shape index (κ1) is 92.9. The molecular formula is C32H73NaO33S14. The smallest absolute Gasteiger partial charge is 0.770 e. The standard InChI is InChI=1S/C14H30O17S4.C14H30O13S8.C2H6O.CH4O2S2.CH4.Na/c2*1-32(15,16)28-9-24-7-13(26-11-30-34(3,19)20)5-23-6-14(27-12-31-35(4,21)22)8-25-10-29-33(2,17)18;1-2-3;1-5(2,3)4;;/h2*13-14H,5-12H2,1-4H3;3H,2H2,1H3;1H3,(H,2,3,4);1H4;/q;;;;;+1/p-1. The Morgan fingerprint density at radius 3 is 0.787 bits per heavy atom. The summed E-state index contributed by atoms with van der Waals surface area (Å²) in [5.41, 5.74) is 0. The fraction of sp³-hybridized carbons (Fsp3) is 1.00. The summed E-state index contributed by atoms with van der Waals surface area (Å²) in [7, 11) is -29.3. The molecule has 0 rings (SSSR count). The van der Waals surface area contributed by atoms with Gasteiger partial charge in [-0.1, -0.05) is 7.43 Å². The fourth-order valence-electron chi connectivity index (χ4n) is 3.29. The van der Waals surface area contributed by atoms with Crippen molar-refractivity contribution < 1.29 is 175 Å². The quantitative estimate of drug-likeness (QED) is 0.0196. The third-order valence-corrected chi connectivity index (χ3v) is 17.2. The summed E-state index contributed by atoms with van der Waals surface area (Å²) in [6.07, 6.45) is 4.84. The zero-order valence-corrected chi connectivity index (χ0v) is 58.0. The Hall–Kier alpha value is 1.73. The van der Waals surface area contributed by atoms with Gasteiger partial charge in [0.1, 0.15) is 48.2 Å². The first-order valence-electron chi connectivity index (χ1n) is 20.3. The van der Waals surface area contributed by atoms with Crippen LogP contribution in [0, 0.1) is 0 Å². The van der Waals surface area contributed by atoms with Gasteiger partial charge in [0, 0.05) is 37.9 Å². The van der Waals surface area contributed by atoms with E-state index < -0.39 is 136 Å². The van der Waals surface area contributed by atoms with Crippen LogP contribution in [0.4, 0.5) is 0 Å². The first-order chi connectivity index (χ1) is 35.1. The Labute approximate surface area is 514 Å². The number of hydrogen-bond acceptors (Lipinski definition) is 38. The van der Waals surface area contributed by atoms with Gasteiger partial charge in [0.15, 0.2) is 27.2 Å². The first-order valence-corrected chi connectivity index (χ1v) is 44.0. The molecule has 0 aromatic carbocycles. The van der Waals surface area contributed by atoms with E-state index in [1.807, 2.05) is 0 Å². The molecule has 0 amide bonds. The van der Waals surface area contributed by atoms with Crippen molar-refractivity contribution in [2.75, 3.05) is 167 Å². The molecule has 0 bridgehead atoms. The summed E-state index contributed by atoms with van der Waals surface area (Å²) in [6, 6.07) is 0.